The van der Waals surface area contributed by atoms with Crippen molar-refractivity contribution in [3.05, 3.63) is 18.6 Å². The van der Waals surface area contributed by atoms with Crippen LogP contribution in [-0.2, 0) is 4.79 Å². The molecule has 1 unspecified atom stereocenters. The van der Waals surface area contributed by atoms with Crippen molar-refractivity contribution in [3.63, 3.8) is 0 Å². The molecule has 0 bridgehead atoms. The van der Waals surface area contributed by atoms with E-state index in [1.807, 2.05) is 10.6 Å². The molecule has 17 heavy (non-hydrogen) atoms. The molecule has 0 spiro atoms. The monoisotopic (exact) mass is 234 g/mol. The van der Waals surface area contributed by atoms with Gasteiger partial charge in [-0.05, 0) is 6.92 Å². The normalized spacial score (nSPS) is 12.4. The molecule has 1 atom stereocenters. The van der Waals surface area contributed by atoms with E-state index in [-0.39, 0.29) is 0 Å². The topological polar surface area (TPSA) is 97.3 Å². The number of nitrogens with one attached hydrogen (secondary N) is 2. The van der Waals surface area contributed by atoms with E-state index in [9.17, 15) is 4.79 Å². The molecule has 2 heterocycles. The summed E-state index contributed by atoms with van der Waals surface area (Å²) in [6.45, 7) is 1.68. The Morgan fingerprint density at radius 2 is 2.35 bits per heavy atom. The van der Waals surface area contributed by atoms with E-state index in [1.165, 1.54) is 0 Å². The molecular weight excluding hydrogens is 220 g/mol. The minimum atomic E-state index is -0.505. The number of rotatable bonds is 4. The largest absolute Gasteiger partial charge is 0.372 e. The van der Waals surface area contributed by atoms with E-state index in [0.717, 1.165) is 0 Å². The first-order valence-corrected chi connectivity index (χ1v) is 5.19. The van der Waals surface area contributed by atoms with Crippen LogP contribution < -0.4 is 16.4 Å². The maximum atomic E-state index is 11.0. The van der Waals surface area contributed by atoms with Gasteiger partial charge in [0.15, 0.2) is 11.5 Å². The van der Waals surface area contributed by atoms with Gasteiger partial charge < -0.3 is 20.8 Å². The van der Waals surface area contributed by atoms with Gasteiger partial charge in [-0.15, -0.1) is 0 Å². The number of amides is 1. The summed E-state index contributed by atoms with van der Waals surface area (Å²) in [6.07, 6.45) is 5.27. The first-order chi connectivity index (χ1) is 8.11. The molecule has 4 N–H and O–H groups in total. The van der Waals surface area contributed by atoms with Crippen LogP contribution in [0.25, 0.3) is 5.65 Å². The molecule has 2 aromatic rings. The highest BCUT2D eigenvalue weighted by molar-refractivity contribution is 5.83. The van der Waals surface area contributed by atoms with Crippen molar-refractivity contribution < 1.29 is 4.79 Å². The maximum absolute atomic E-state index is 11.0. The molecule has 7 heteroatoms. The van der Waals surface area contributed by atoms with Gasteiger partial charge in [0.1, 0.15) is 11.9 Å². The predicted molar refractivity (Wildman–Crippen MR) is 64.8 cm³/mol. The van der Waals surface area contributed by atoms with Crippen molar-refractivity contribution >= 4 is 23.2 Å². The fourth-order valence-corrected chi connectivity index (χ4v) is 1.43. The van der Waals surface area contributed by atoms with Crippen LogP contribution in [0.3, 0.4) is 0 Å². The molecule has 0 radical (unpaired) electrons. The maximum Gasteiger partial charge on any atom is 0.239 e. The minimum Gasteiger partial charge on any atom is -0.372 e. The van der Waals surface area contributed by atoms with E-state index < -0.39 is 11.9 Å². The van der Waals surface area contributed by atoms with Crippen LogP contribution in [0, 0.1) is 0 Å². The number of nitrogens with zero attached hydrogens (tertiary/aromatic N) is 3. The lowest BCUT2D eigenvalue weighted by atomic mass is 10.3. The first kappa shape index (κ1) is 11.2. The molecule has 2 rings (SSSR count). The average Bonchev–Trinajstić information content (AvgIpc) is 2.76. The summed E-state index contributed by atoms with van der Waals surface area (Å²) in [5, 5.41) is 5.87. The van der Waals surface area contributed by atoms with Crippen molar-refractivity contribution in [2.45, 2.75) is 13.0 Å². The van der Waals surface area contributed by atoms with Gasteiger partial charge in [0.05, 0.1) is 6.20 Å². The van der Waals surface area contributed by atoms with Crippen LogP contribution in [0.4, 0.5) is 11.6 Å². The third-order valence-electron chi connectivity index (χ3n) is 2.41. The van der Waals surface area contributed by atoms with Crippen LogP contribution in [0.15, 0.2) is 18.6 Å². The van der Waals surface area contributed by atoms with Crippen LogP contribution in [-0.4, -0.2) is 33.4 Å². The van der Waals surface area contributed by atoms with Crippen LogP contribution >= 0.6 is 0 Å². The molecule has 90 valence electrons. The summed E-state index contributed by atoms with van der Waals surface area (Å²) < 4.78 is 1.81. The summed E-state index contributed by atoms with van der Waals surface area (Å²) in [7, 11) is 1.77. The van der Waals surface area contributed by atoms with Crippen LogP contribution in [0.5, 0.6) is 0 Å². The number of fused-ring (bicyclic) bond motifs is 1. The third-order valence-corrected chi connectivity index (χ3v) is 2.41. The molecule has 0 saturated carbocycles. The van der Waals surface area contributed by atoms with E-state index in [4.69, 9.17) is 5.73 Å². The lowest BCUT2D eigenvalue weighted by Crippen LogP contribution is -2.33. The number of nitrogens with two attached hydrogens (primary N) is 1. The van der Waals surface area contributed by atoms with Gasteiger partial charge in [0.25, 0.3) is 0 Å². The van der Waals surface area contributed by atoms with Crippen molar-refractivity contribution in [1.82, 2.24) is 14.4 Å². The highest BCUT2D eigenvalue weighted by Gasteiger charge is 2.13. The Labute approximate surface area is 98.0 Å². The number of hydrogen-bond donors (Lipinski definition) is 3. The Hall–Kier alpha value is -2.31. The van der Waals surface area contributed by atoms with E-state index in [0.29, 0.717) is 17.3 Å². The lowest BCUT2D eigenvalue weighted by Gasteiger charge is -2.12. The van der Waals surface area contributed by atoms with Gasteiger partial charge >= 0.3 is 0 Å². The van der Waals surface area contributed by atoms with Crippen LogP contribution in [0.1, 0.15) is 6.92 Å². The Morgan fingerprint density at radius 3 is 3.00 bits per heavy atom. The lowest BCUT2D eigenvalue weighted by molar-refractivity contribution is -0.118. The minimum absolute atomic E-state index is 0.439. The van der Waals surface area contributed by atoms with Crippen molar-refractivity contribution in [2.24, 2.45) is 5.73 Å². The highest BCUT2D eigenvalue weighted by atomic mass is 16.1. The molecule has 2 aromatic heterocycles. The van der Waals surface area contributed by atoms with Gasteiger partial charge in [-0.1, -0.05) is 0 Å². The fourth-order valence-electron chi connectivity index (χ4n) is 1.43. The van der Waals surface area contributed by atoms with Crippen LogP contribution in [0.2, 0.25) is 0 Å². The third kappa shape index (κ3) is 2.12. The molecule has 0 aromatic carbocycles. The SMILES string of the molecule is CNc1cn2ccnc2c(NC(C)C(N)=O)n1. The van der Waals surface area contributed by atoms with Gasteiger partial charge in [-0.3, -0.25) is 4.79 Å². The van der Waals surface area contributed by atoms with Crippen molar-refractivity contribution in [2.75, 3.05) is 17.7 Å². The Balaban J connectivity index is 2.43. The summed E-state index contributed by atoms with van der Waals surface area (Å²) in [5.74, 6) is 0.759. The zero-order chi connectivity index (χ0) is 12.4. The predicted octanol–water partition coefficient (Wildman–Crippen LogP) is 0.0567. The zero-order valence-corrected chi connectivity index (χ0v) is 9.64. The van der Waals surface area contributed by atoms with Gasteiger partial charge in [0.2, 0.25) is 5.91 Å². The number of hydrogen-bond acceptors (Lipinski definition) is 5. The van der Waals surface area contributed by atoms with Gasteiger partial charge in [-0.2, -0.15) is 0 Å². The molecule has 7 nitrogen and oxygen atoms in total. The summed E-state index contributed by atoms with van der Waals surface area (Å²) in [6, 6.07) is -0.505. The number of anilines is 2. The standard InChI is InChI=1S/C10H14N6O/c1-6(8(11)17)14-9-10-13-3-4-16(10)5-7(12-2)15-9/h3-6,12H,1-2H3,(H2,11,17)(H,14,15). The molecule has 0 saturated heterocycles. The summed E-state index contributed by atoms with van der Waals surface area (Å²) in [5.41, 5.74) is 5.85. The van der Waals surface area contributed by atoms with E-state index in [2.05, 4.69) is 20.6 Å². The second-order valence-corrected chi connectivity index (χ2v) is 3.65. The van der Waals surface area contributed by atoms with Gasteiger partial charge in [-0.25, -0.2) is 9.97 Å². The second kappa shape index (κ2) is 4.28. The number of aromatic nitrogens is 3. The number of primary amides is 1. The Morgan fingerprint density at radius 1 is 1.59 bits per heavy atom. The molecular formula is C10H14N6O. The Kier molecular flexibility index (Phi) is 2.82. The first-order valence-electron chi connectivity index (χ1n) is 5.19. The van der Waals surface area contributed by atoms with Crippen molar-refractivity contribution in [3.8, 4) is 0 Å². The quantitative estimate of drug-likeness (QED) is 0.694. The summed E-state index contributed by atoms with van der Waals surface area (Å²) >= 11 is 0. The van der Waals surface area contributed by atoms with E-state index in [1.54, 1.807) is 26.4 Å². The number of carbonyl (C=O) groups is 1. The van der Waals surface area contributed by atoms with Crippen molar-refractivity contribution in [1.29, 1.82) is 0 Å². The van der Waals surface area contributed by atoms with E-state index >= 15 is 0 Å². The average molecular weight is 234 g/mol. The molecule has 0 aliphatic rings. The summed E-state index contributed by atoms with van der Waals surface area (Å²) in [4.78, 5) is 19.5. The smallest absolute Gasteiger partial charge is 0.239 e. The fraction of sp³-hybridized carbons (Fsp3) is 0.300. The molecule has 1 amide bonds. The molecule has 0 fully saturated rings. The second-order valence-electron chi connectivity index (χ2n) is 3.65. The van der Waals surface area contributed by atoms with Gasteiger partial charge in [0, 0.05) is 19.4 Å². The zero-order valence-electron chi connectivity index (χ0n) is 9.64. The molecule has 0 aliphatic heterocycles. The Bertz CT molecular complexity index is 549. The number of carbonyl (C=O) groups excluding carboxylic acids is 1. The highest BCUT2D eigenvalue weighted by Crippen LogP contribution is 2.16. The molecule has 0 aliphatic carbocycles. The number of imidazole rings is 1.